The lowest BCUT2D eigenvalue weighted by atomic mass is 10.0. The standard InChI is InChI=1S/C13H24N4/c1-3-16(13-4-6-14-7-5-13)10-11-17-9-8-15-12(17)2/h8-9,13-14H,3-7,10-11H2,1-2H3. The van der Waals surface area contributed by atoms with E-state index in [1.54, 1.807) is 0 Å². The van der Waals surface area contributed by atoms with E-state index in [0.29, 0.717) is 0 Å². The number of imidazole rings is 1. The number of piperidine rings is 1. The number of likely N-dealkylation sites (N-methyl/N-ethyl adjacent to an activating group) is 1. The van der Waals surface area contributed by atoms with E-state index in [0.717, 1.165) is 31.5 Å². The first-order valence-electron chi connectivity index (χ1n) is 6.73. The molecule has 0 aromatic carbocycles. The summed E-state index contributed by atoms with van der Waals surface area (Å²) in [5.74, 6) is 1.12. The Labute approximate surface area is 104 Å². The molecule has 0 aliphatic carbocycles. The molecule has 0 radical (unpaired) electrons. The van der Waals surface area contributed by atoms with Crippen molar-refractivity contribution in [2.75, 3.05) is 26.2 Å². The maximum absolute atomic E-state index is 4.27. The van der Waals surface area contributed by atoms with Gasteiger partial charge in [0.2, 0.25) is 0 Å². The minimum Gasteiger partial charge on any atom is -0.334 e. The van der Waals surface area contributed by atoms with Crippen molar-refractivity contribution in [2.45, 2.75) is 39.3 Å². The Bertz CT molecular complexity index is 328. The summed E-state index contributed by atoms with van der Waals surface area (Å²) in [6.45, 7) is 10.0. The summed E-state index contributed by atoms with van der Waals surface area (Å²) < 4.78 is 2.24. The zero-order valence-electron chi connectivity index (χ0n) is 11.0. The summed E-state index contributed by atoms with van der Waals surface area (Å²) >= 11 is 0. The number of nitrogens with one attached hydrogen (secondary N) is 1. The molecule has 4 heteroatoms. The first-order valence-corrected chi connectivity index (χ1v) is 6.73. The van der Waals surface area contributed by atoms with Crippen molar-refractivity contribution in [1.29, 1.82) is 0 Å². The van der Waals surface area contributed by atoms with Crippen molar-refractivity contribution in [2.24, 2.45) is 0 Å². The van der Waals surface area contributed by atoms with E-state index in [9.17, 15) is 0 Å². The van der Waals surface area contributed by atoms with Gasteiger partial charge in [0.1, 0.15) is 5.82 Å². The molecule has 2 heterocycles. The predicted octanol–water partition coefficient (Wildman–Crippen LogP) is 1.27. The number of aromatic nitrogens is 2. The summed E-state index contributed by atoms with van der Waals surface area (Å²) in [6.07, 6.45) is 6.54. The van der Waals surface area contributed by atoms with Crippen molar-refractivity contribution in [3.05, 3.63) is 18.2 Å². The van der Waals surface area contributed by atoms with Gasteiger partial charge in [-0.15, -0.1) is 0 Å². The van der Waals surface area contributed by atoms with Crippen LogP contribution in [0.15, 0.2) is 12.4 Å². The number of rotatable bonds is 5. The zero-order valence-corrected chi connectivity index (χ0v) is 11.0. The molecule has 1 aromatic heterocycles. The van der Waals surface area contributed by atoms with Gasteiger partial charge in [0, 0.05) is 31.5 Å². The van der Waals surface area contributed by atoms with Gasteiger partial charge in [0.05, 0.1) is 0 Å². The van der Waals surface area contributed by atoms with Crippen LogP contribution in [0.25, 0.3) is 0 Å². The van der Waals surface area contributed by atoms with Crippen LogP contribution in [0.3, 0.4) is 0 Å². The number of hydrogen-bond donors (Lipinski definition) is 1. The van der Waals surface area contributed by atoms with Crippen LogP contribution in [0.1, 0.15) is 25.6 Å². The normalized spacial score (nSPS) is 17.8. The van der Waals surface area contributed by atoms with Gasteiger partial charge in [0.25, 0.3) is 0 Å². The Morgan fingerprint density at radius 3 is 2.82 bits per heavy atom. The van der Waals surface area contributed by atoms with Gasteiger partial charge in [0.15, 0.2) is 0 Å². The third-order valence-corrected chi connectivity index (χ3v) is 3.78. The molecule has 0 unspecified atom stereocenters. The van der Waals surface area contributed by atoms with Crippen molar-refractivity contribution in [1.82, 2.24) is 19.8 Å². The number of aryl methyl sites for hydroxylation is 1. The van der Waals surface area contributed by atoms with E-state index in [1.807, 2.05) is 6.20 Å². The molecule has 0 atom stereocenters. The molecule has 0 amide bonds. The Balaban J connectivity index is 1.84. The van der Waals surface area contributed by atoms with Crippen LogP contribution >= 0.6 is 0 Å². The summed E-state index contributed by atoms with van der Waals surface area (Å²) in [5.41, 5.74) is 0. The van der Waals surface area contributed by atoms with E-state index >= 15 is 0 Å². The monoisotopic (exact) mass is 236 g/mol. The molecule has 96 valence electrons. The molecule has 1 N–H and O–H groups in total. The van der Waals surface area contributed by atoms with E-state index < -0.39 is 0 Å². The molecular formula is C13H24N4. The van der Waals surface area contributed by atoms with E-state index in [1.165, 1.54) is 25.9 Å². The lowest BCUT2D eigenvalue weighted by Crippen LogP contribution is -2.44. The van der Waals surface area contributed by atoms with Gasteiger partial charge in [-0.2, -0.15) is 0 Å². The highest BCUT2D eigenvalue weighted by molar-refractivity contribution is 4.89. The minimum absolute atomic E-state index is 0.769. The topological polar surface area (TPSA) is 33.1 Å². The van der Waals surface area contributed by atoms with Gasteiger partial charge >= 0.3 is 0 Å². The average Bonchev–Trinajstić information content (AvgIpc) is 2.77. The smallest absolute Gasteiger partial charge is 0.105 e. The molecule has 17 heavy (non-hydrogen) atoms. The average molecular weight is 236 g/mol. The molecule has 1 aliphatic rings. The van der Waals surface area contributed by atoms with Gasteiger partial charge in [-0.05, 0) is 39.4 Å². The summed E-state index contributed by atoms with van der Waals surface area (Å²) in [4.78, 5) is 6.88. The van der Waals surface area contributed by atoms with Gasteiger partial charge < -0.3 is 9.88 Å². The quantitative estimate of drug-likeness (QED) is 0.835. The van der Waals surface area contributed by atoms with E-state index in [-0.39, 0.29) is 0 Å². The van der Waals surface area contributed by atoms with Gasteiger partial charge in [-0.3, -0.25) is 4.90 Å². The van der Waals surface area contributed by atoms with Crippen molar-refractivity contribution in [3.8, 4) is 0 Å². The highest BCUT2D eigenvalue weighted by Crippen LogP contribution is 2.11. The third-order valence-electron chi connectivity index (χ3n) is 3.78. The fourth-order valence-corrected chi connectivity index (χ4v) is 2.65. The second-order valence-electron chi connectivity index (χ2n) is 4.78. The van der Waals surface area contributed by atoms with Crippen LogP contribution in [0, 0.1) is 6.92 Å². The molecule has 2 rings (SSSR count). The molecule has 1 fully saturated rings. The first kappa shape index (κ1) is 12.6. The van der Waals surface area contributed by atoms with Crippen LogP contribution in [0.5, 0.6) is 0 Å². The van der Waals surface area contributed by atoms with Gasteiger partial charge in [-0.25, -0.2) is 4.98 Å². The summed E-state index contributed by atoms with van der Waals surface area (Å²) in [7, 11) is 0. The largest absolute Gasteiger partial charge is 0.334 e. The fourth-order valence-electron chi connectivity index (χ4n) is 2.65. The molecule has 4 nitrogen and oxygen atoms in total. The van der Waals surface area contributed by atoms with Gasteiger partial charge in [-0.1, -0.05) is 6.92 Å². The van der Waals surface area contributed by atoms with Crippen LogP contribution in [-0.4, -0.2) is 46.7 Å². The third kappa shape index (κ3) is 3.30. The predicted molar refractivity (Wildman–Crippen MR) is 70.1 cm³/mol. The zero-order chi connectivity index (χ0) is 12.1. The van der Waals surface area contributed by atoms with Crippen LogP contribution < -0.4 is 5.32 Å². The molecule has 0 saturated carbocycles. The van der Waals surface area contributed by atoms with Crippen LogP contribution in [0.2, 0.25) is 0 Å². The van der Waals surface area contributed by atoms with Crippen LogP contribution in [-0.2, 0) is 6.54 Å². The maximum Gasteiger partial charge on any atom is 0.105 e. The maximum atomic E-state index is 4.27. The molecule has 0 bridgehead atoms. The Morgan fingerprint density at radius 1 is 1.47 bits per heavy atom. The summed E-state index contributed by atoms with van der Waals surface area (Å²) in [6, 6.07) is 0.769. The molecule has 1 aromatic rings. The highest BCUT2D eigenvalue weighted by atomic mass is 15.2. The van der Waals surface area contributed by atoms with E-state index in [4.69, 9.17) is 0 Å². The second kappa shape index (κ2) is 6.17. The second-order valence-corrected chi connectivity index (χ2v) is 4.78. The van der Waals surface area contributed by atoms with Crippen molar-refractivity contribution >= 4 is 0 Å². The lowest BCUT2D eigenvalue weighted by molar-refractivity contribution is 0.164. The SMILES string of the molecule is CCN(CCn1ccnc1C)C1CCNCC1. The lowest BCUT2D eigenvalue weighted by Gasteiger charge is -2.34. The van der Waals surface area contributed by atoms with E-state index in [2.05, 4.69) is 39.8 Å². The van der Waals surface area contributed by atoms with Crippen LogP contribution in [0.4, 0.5) is 0 Å². The molecule has 1 aliphatic heterocycles. The molecule has 0 spiro atoms. The van der Waals surface area contributed by atoms with Crippen molar-refractivity contribution in [3.63, 3.8) is 0 Å². The Kier molecular flexibility index (Phi) is 4.57. The Morgan fingerprint density at radius 2 is 2.24 bits per heavy atom. The van der Waals surface area contributed by atoms with Crippen molar-refractivity contribution < 1.29 is 0 Å². The molecule has 1 saturated heterocycles. The number of nitrogens with zero attached hydrogens (tertiary/aromatic N) is 3. The molecular weight excluding hydrogens is 212 g/mol. The summed E-state index contributed by atoms with van der Waals surface area (Å²) in [5, 5.41) is 3.43. The fraction of sp³-hybridized carbons (Fsp3) is 0.769. The first-order chi connectivity index (χ1) is 8.31. The number of hydrogen-bond acceptors (Lipinski definition) is 3. The minimum atomic E-state index is 0.769. The Hall–Kier alpha value is -0.870. The highest BCUT2D eigenvalue weighted by Gasteiger charge is 2.19.